The van der Waals surface area contributed by atoms with Gasteiger partial charge in [0.25, 0.3) is 0 Å². The van der Waals surface area contributed by atoms with Gasteiger partial charge < -0.3 is 21.7 Å². The summed E-state index contributed by atoms with van der Waals surface area (Å²) in [6, 6.07) is 66.9. The van der Waals surface area contributed by atoms with E-state index in [1.807, 2.05) is 206 Å². The predicted octanol–water partition coefficient (Wildman–Crippen LogP) is 13.4. The van der Waals surface area contributed by atoms with E-state index in [1.54, 1.807) is 0 Å². The molecular weight excluding hydrogens is 1220 g/mol. The molecule has 4 aromatic heterocycles. The van der Waals surface area contributed by atoms with Gasteiger partial charge >= 0.3 is 44.8 Å². The molecule has 12 rings (SSSR count). The number of para-hydroxylation sites is 2. The van der Waals surface area contributed by atoms with E-state index >= 15 is 0 Å². The Bertz CT molecular complexity index is 3390. The number of rotatable bonds is 6. The van der Waals surface area contributed by atoms with E-state index in [-0.39, 0.29) is 44.8 Å². The average Bonchev–Trinajstić information content (AvgIpc) is 3.97. The molecule has 8 aromatic carbocycles. The van der Waals surface area contributed by atoms with Crippen molar-refractivity contribution in [3.63, 3.8) is 0 Å². The van der Waals surface area contributed by atoms with Crippen molar-refractivity contribution in [2.75, 3.05) is 0 Å². The summed E-state index contributed by atoms with van der Waals surface area (Å²) in [7, 11) is 0. The van der Waals surface area contributed by atoms with Crippen LogP contribution in [-0.2, 0) is 51.2 Å². The van der Waals surface area contributed by atoms with Crippen molar-refractivity contribution in [1.82, 2.24) is 29.9 Å². The Morgan fingerprint density at radius 3 is 0.928 bits per heavy atom. The molecule has 0 atom stereocenters. The standard InChI is InChI=1S/C31H22N6.2C14H7O.2Au/c1-5-13-22(14-6-1)28-32-26(33-29(36-28)23-15-7-2-8-16-23)21-27-34-30(24-17-9-3-10-18-24)37-31(35-27)25-19-11-4-12-20-25;2*1-2-10-7-8-12-11-5-3-4-6-13(11)15-14(12)9-10;;/h1-20H,21H2;2*3-9H;;/q;2*-1;2*+1. The molecular formula is C59H36Au2N6O2. The van der Waals surface area contributed by atoms with Crippen molar-refractivity contribution in [3.05, 3.63) is 242 Å². The van der Waals surface area contributed by atoms with Crippen LogP contribution in [0.4, 0.5) is 0 Å². The van der Waals surface area contributed by atoms with Crippen molar-refractivity contribution in [1.29, 1.82) is 0 Å². The Morgan fingerprint density at radius 2 is 0.609 bits per heavy atom. The smallest absolute Gasteiger partial charge is 0.458 e. The molecule has 0 radical (unpaired) electrons. The van der Waals surface area contributed by atoms with E-state index in [1.165, 1.54) is 0 Å². The summed E-state index contributed by atoms with van der Waals surface area (Å²) >= 11 is 0. The second-order valence-corrected chi connectivity index (χ2v) is 15.3. The number of nitrogens with zero attached hydrogens (tertiary/aromatic N) is 6. The molecule has 0 N–H and O–H groups in total. The Balaban J connectivity index is 0.000000164. The van der Waals surface area contributed by atoms with E-state index < -0.39 is 0 Å². The summed E-state index contributed by atoms with van der Waals surface area (Å²) in [5.74, 6) is 8.36. The largest absolute Gasteiger partial charge is 1.00 e. The second-order valence-electron chi connectivity index (χ2n) is 15.3. The van der Waals surface area contributed by atoms with Gasteiger partial charge in [0, 0.05) is 43.8 Å². The third kappa shape index (κ3) is 10.9. The summed E-state index contributed by atoms with van der Waals surface area (Å²) < 4.78 is 11.3. The van der Waals surface area contributed by atoms with Crippen LogP contribution < -0.4 is 0 Å². The summed E-state index contributed by atoms with van der Waals surface area (Å²) in [5.41, 5.74) is 8.57. The zero-order valence-corrected chi connectivity index (χ0v) is 40.8. The van der Waals surface area contributed by atoms with Gasteiger partial charge in [-0.2, -0.15) is 0 Å². The quantitative estimate of drug-likeness (QED) is 0.0921. The predicted molar refractivity (Wildman–Crippen MR) is 264 cm³/mol. The molecule has 0 fully saturated rings. The zero-order chi connectivity index (χ0) is 45.4. The minimum Gasteiger partial charge on any atom is -0.458 e. The van der Waals surface area contributed by atoms with E-state index in [2.05, 4.69) is 11.8 Å². The van der Waals surface area contributed by atoms with Gasteiger partial charge in [-0.3, -0.25) is 11.8 Å². The third-order valence-corrected chi connectivity index (χ3v) is 10.9. The molecule has 4 heterocycles. The van der Waals surface area contributed by atoms with Gasteiger partial charge in [-0.15, -0.1) is 23.3 Å². The van der Waals surface area contributed by atoms with Crippen molar-refractivity contribution in [2.24, 2.45) is 0 Å². The molecule has 0 saturated heterocycles. The normalized spacial score (nSPS) is 10.4. The molecule has 0 aliphatic heterocycles. The van der Waals surface area contributed by atoms with Crippen molar-refractivity contribution >= 4 is 43.9 Å². The molecule has 69 heavy (non-hydrogen) atoms. The third-order valence-electron chi connectivity index (χ3n) is 10.9. The molecule has 0 aliphatic carbocycles. The number of fused-ring (bicyclic) bond motifs is 6. The van der Waals surface area contributed by atoms with Crippen molar-refractivity contribution in [2.45, 2.75) is 6.42 Å². The van der Waals surface area contributed by atoms with E-state index in [9.17, 15) is 0 Å². The maximum atomic E-state index is 7.06. The summed E-state index contributed by atoms with van der Waals surface area (Å²) in [4.78, 5) is 28.8. The van der Waals surface area contributed by atoms with Gasteiger partial charge in [0.2, 0.25) is 0 Å². The van der Waals surface area contributed by atoms with Gasteiger partial charge in [-0.05, 0) is 12.1 Å². The fourth-order valence-electron chi connectivity index (χ4n) is 7.61. The first-order chi connectivity index (χ1) is 33.1. The molecule has 0 spiro atoms. The first-order valence-corrected chi connectivity index (χ1v) is 21.5. The zero-order valence-electron chi connectivity index (χ0n) is 36.4. The molecule has 8 nitrogen and oxygen atoms in total. The van der Waals surface area contributed by atoms with Crippen LogP contribution in [0.2, 0.25) is 0 Å². The van der Waals surface area contributed by atoms with E-state index in [0.717, 1.165) is 77.3 Å². The maximum absolute atomic E-state index is 7.06. The Kier molecular flexibility index (Phi) is 15.3. The SMILES string of the molecule is [Au+].[Au+].[C-]#Cc1ccc2c(c1)oc1ccccc12.[C-]#Cc1ccc2c(c1)oc1ccccc12.c1ccc(-c2nc(Cc3nc(-c4ccccc4)nc(-c4ccccc4)n3)nc(-c3ccccc3)n2)cc1. The minimum absolute atomic E-state index is 0. The van der Waals surface area contributed by atoms with Crippen LogP contribution in [0.25, 0.3) is 89.4 Å². The van der Waals surface area contributed by atoms with Gasteiger partial charge in [-0.25, -0.2) is 29.9 Å². The molecule has 336 valence electrons. The molecule has 0 unspecified atom stereocenters. The molecule has 0 aliphatic rings. The minimum atomic E-state index is 0. The van der Waals surface area contributed by atoms with E-state index in [0.29, 0.717) is 41.4 Å². The van der Waals surface area contributed by atoms with Gasteiger partial charge in [-0.1, -0.05) is 182 Å². The van der Waals surface area contributed by atoms with Crippen LogP contribution in [0.15, 0.2) is 215 Å². The topological polar surface area (TPSA) is 104 Å². The van der Waals surface area contributed by atoms with Crippen LogP contribution in [-0.4, -0.2) is 29.9 Å². The van der Waals surface area contributed by atoms with Gasteiger partial charge in [0.1, 0.15) is 34.0 Å². The van der Waals surface area contributed by atoms with E-state index in [4.69, 9.17) is 51.6 Å². The number of benzene rings is 8. The first kappa shape index (κ1) is 47.5. The molecule has 0 saturated carbocycles. The van der Waals surface area contributed by atoms with Crippen molar-refractivity contribution < 1.29 is 53.6 Å². The molecule has 0 bridgehead atoms. The Labute approximate surface area is 430 Å². The van der Waals surface area contributed by atoms with Crippen LogP contribution in [0.5, 0.6) is 0 Å². The average molecular weight is 1250 g/mol. The Hall–Kier alpha value is -8.02. The molecule has 10 heteroatoms. The summed E-state index contributed by atoms with van der Waals surface area (Å²) in [5, 5.41) is 4.40. The molecule has 0 amide bonds. The van der Waals surface area contributed by atoms with Crippen LogP contribution in [0, 0.1) is 24.7 Å². The van der Waals surface area contributed by atoms with Crippen LogP contribution in [0.1, 0.15) is 22.8 Å². The Morgan fingerprint density at radius 1 is 0.319 bits per heavy atom. The number of hydrogen-bond donors (Lipinski definition) is 0. The number of aromatic nitrogens is 6. The number of hydrogen-bond acceptors (Lipinski definition) is 8. The van der Waals surface area contributed by atoms with Gasteiger partial charge in [0.15, 0.2) is 23.3 Å². The van der Waals surface area contributed by atoms with Crippen LogP contribution >= 0.6 is 0 Å². The van der Waals surface area contributed by atoms with Gasteiger partial charge in [0.05, 0.1) is 6.42 Å². The summed E-state index contributed by atoms with van der Waals surface area (Å²) in [6.45, 7) is 0. The molecule has 12 aromatic rings. The fourth-order valence-corrected chi connectivity index (χ4v) is 7.61. The van der Waals surface area contributed by atoms with Crippen molar-refractivity contribution in [3.8, 4) is 57.4 Å². The first-order valence-electron chi connectivity index (χ1n) is 21.5. The monoisotopic (exact) mass is 1250 g/mol. The summed E-state index contributed by atoms with van der Waals surface area (Å²) in [6.07, 6.45) is 14.5. The number of furan rings is 2. The second kappa shape index (κ2) is 22.2. The fraction of sp³-hybridized carbons (Fsp3) is 0.0169. The van der Waals surface area contributed by atoms with Crippen LogP contribution in [0.3, 0.4) is 0 Å². The maximum Gasteiger partial charge on any atom is 1.00 e.